The normalized spacial score (nSPS) is 9.86. The molecule has 0 unspecified atom stereocenters. The van der Waals surface area contributed by atoms with Crippen molar-refractivity contribution in [2.24, 2.45) is 0 Å². The van der Waals surface area contributed by atoms with Gasteiger partial charge in [0.1, 0.15) is 18.2 Å². The van der Waals surface area contributed by atoms with Gasteiger partial charge in [0.25, 0.3) is 0 Å². The maximum atomic E-state index is 13.2. The van der Waals surface area contributed by atoms with Gasteiger partial charge < -0.3 is 4.74 Å². The Hall–Kier alpha value is -1.69. The Bertz CT molecular complexity index is 674. The summed E-state index contributed by atoms with van der Waals surface area (Å²) in [5, 5.41) is 0.481. The van der Waals surface area contributed by atoms with Crippen molar-refractivity contribution in [3.63, 3.8) is 0 Å². The van der Waals surface area contributed by atoms with Crippen molar-refractivity contribution in [3.8, 4) is 17.6 Å². The zero-order valence-corrected chi connectivity index (χ0v) is 12.7. The molecule has 0 aliphatic heterocycles. The molecule has 0 aliphatic rings. The summed E-state index contributed by atoms with van der Waals surface area (Å²) >= 11 is 11.6. The number of halogens is 3. The highest BCUT2D eigenvalue weighted by Crippen LogP contribution is 2.20. The van der Waals surface area contributed by atoms with Crippen LogP contribution in [-0.2, 0) is 6.61 Å². The molecule has 1 nitrogen and oxygen atoms in total. The topological polar surface area (TPSA) is 9.23 Å². The molecule has 0 spiro atoms. The predicted octanol–water partition coefficient (Wildman–Crippen LogP) is 5.04. The van der Waals surface area contributed by atoms with E-state index >= 15 is 0 Å². The zero-order valence-electron chi connectivity index (χ0n) is 11.2. The monoisotopic (exact) mass is 322 g/mol. The Morgan fingerprint density at radius 2 is 2.00 bits per heavy atom. The summed E-state index contributed by atoms with van der Waals surface area (Å²) in [6.07, 6.45) is 0.644. The third kappa shape index (κ3) is 4.97. The van der Waals surface area contributed by atoms with E-state index in [0.29, 0.717) is 28.6 Å². The van der Waals surface area contributed by atoms with Gasteiger partial charge in [0.15, 0.2) is 0 Å². The highest BCUT2D eigenvalue weighted by atomic mass is 35.5. The summed E-state index contributed by atoms with van der Waals surface area (Å²) < 4.78 is 18.8. The fourth-order valence-corrected chi connectivity index (χ4v) is 1.96. The minimum Gasteiger partial charge on any atom is -0.489 e. The molecular weight excluding hydrogens is 310 g/mol. The summed E-state index contributed by atoms with van der Waals surface area (Å²) in [7, 11) is 0. The maximum Gasteiger partial charge on any atom is 0.123 e. The van der Waals surface area contributed by atoms with Crippen LogP contribution in [0.2, 0.25) is 5.02 Å². The highest BCUT2D eigenvalue weighted by Gasteiger charge is 2.03. The van der Waals surface area contributed by atoms with Crippen LogP contribution in [0.3, 0.4) is 0 Å². The molecule has 0 fully saturated rings. The molecule has 0 heterocycles. The first kappa shape index (κ1) is 15.7. The van der Waals surface area contributed by atoms with E-state index < -0.39 is 0 Å². The average molecular weight is 323 g/mol. The van der Waals surface area contributed by atoms with E-state index in [1.165, 1.54) is 18.2 Å². The van der Waals surface area contributed by atoms with Crippen molar-refractivity contribution in [2.75, 3.05) is 5.88 Å². The first-order chi connectivity index (χ1) is 10.2. The Morgan fingerprint density at radius 3 is 2.81 bits per heavy atom. The number of alkyl halides is 1. The van der Waals surface area contributed by atoms with E-state index in [2.05, 4.69) is 11.8 Å². The van der Waals surface area contributed by atoms with Gasteiger partial charge in [0.05, 0.1) is 0 Å². The third-order valence-electron chi connectivity index (χ3n) is 2.69. The fourth-order valence-electron chi connectivity index (χ4n) is 1.69. The van der Waals surface area contributed by atoms with E-state index in [9.17, 15) is 4.39 Å². The molecule has 0 radical (unpaired) electrons. The first-order valence-corrected chi connectivity index (χ1v) is 7.32. The van der Waals surface area contributed by atoms with Gasteiger partial charge in [-0.15, -0.1) is 11.6 Å². The molecular formula is C17H13Cl2FO. The average Bonchev–Trinajstić information content (AvgIpc) is 2.49. The SMILES string of the molecule is Fc1ccc(Cl)c(COc2cccc(C#CCCCl)c2)c1. The minimum atomic E-state index is -0.335. The smallest absolute Gasteiger partial charge is 0.123 e. The summed E-state index contributed by atoms with van der Waals surface area (Å²) in [5.74, 6) is 6.81. The zero-order chi connectivity index (χ0) is 15.1. The molecule has 0 bridgehead atoms. The summed E-state index contributed by atoms with van der Waals surface area (Å²) in [5.41, 5.74) is 1.46. The van der Waals surface area contributed by atoms with Gasteiger partial charge in [0, 0.05) is 28.5 Å². The largest absolute Gasteiger partial charge is 0.489 e. The highest BCUT2D eigenvalue weighted by molar-refractivity contribution is 6.31. The molecule has 4 heteroatoms. The van der Waals surface area contributed by atoms with Gasteiger partial charge in [0.2, 0.25) is 0 Å². The lowest BCUT2D eigenvalue weighted by Crippen LogP contribution is -1.97. The number of rotatable bonds is 4. The van der Waals surface area contributed by atoms with Gasteiger partial charge in [-0.3, -0.25) is 0 Å². The van der Waals surface area contributed by atoms with Gasteiger partial charge in [-0.1, -0.05) is 29.5 Å². The van der Waals surface area contributed by atoms with Crippen molar-refractivity contribution >= 4 is 23.2 Å². The molecule has 0 saturated heterocycles. The lowest BCUT2D eigenvalue weighted by atomic mass is 10.2. The van der Waals surface area contributed by atoms with Crippen LogP contribution in [0.4, 0.5) is 4.39 Å². The second-order valence-corrected chi connectivity index (χ2v) is 5.08. The van der Waals surface area contributed by atoms with Gasteiger partial charge in [-0.2, -0.15) is 0 Å². The van der Waals surface area contributed by atoms with Gasteiger partial charge in [-0.25, -0.2) is 4.39 Å². The molecule has 0 aliphatic carbocycles. The van der Waals surface area contributed by atoms with Crippen molar-refractivity contribution in [3.05, 3.63) is 64.4 Å². The van der Waals surface area contributed by atoms with E-state index in [1.807, 2.05) is 24.3 Å². The van der Waals surface area contributed by atoms with Gasteiger partial charge >= 0.3 is 0 Å². The van der Waals surface area contributed by atoms with Crippen molar-refractivity contribution in [2.45, 2.75) is 13.0 Å². The Balaban J connectivity index is 2.05. The van der Waals surface area contributed by atoms with E-state index in [0.717, 1.165) is 5.56 Å². The summed E-state index contributed by atoms with van der Waals surface area (Å²) in [6, 6.07) is 11.6. The molecule has 108 valence electrons. The fraction of sp³-hybridized carbons (Fsp3) is 0.176. The van der Waals surface area contributed by atoms with Crippen molar-refractivity contribution < 1.29 is 9.13 Å². The van der Waals surface area contributed by atoms with Crippen molar-refractivity contribution in [1.82, 2.24) is 0 Å². The molecule has 2 rings (SSSR count). The molecule has 21 heavy (non-hydrogen) atoms. The lowest BCUT2D eigenvalue weighted by molar-refractivity contribution is 0.305. The van der Waals surface area contributed by atoms with Crippen LogP contribution < -0.4 is 4.74 Å². The van der Waals surface area contributed by atoms with Crippen LogP contribution >= 0.6 is 23.2 Å². The second kappa shape index (κ2) is 7.93. The maximum absolute atomic E-state index is 13.2. The number of benzene rings is 2. The van der Waals surface area contributed by atoms with Crippen LogP contribution in [0.5, 0.6) is 5.75 Å². The standard InChI is InChI=1S/C17H13Cl2FO/c18-9-2-1-4-13-5-3-6-16(10-13)21-12-14-11-15(20)7-8-17(14)19/h3,5-8,10-11H,2,9,12H2. The molecule has 2 aromatic carbocycles. The predicted molar refractivity (Wildman–Crippen MR) is 84.4 cm³/mol. The Labute approximate surface area is 133 Å². The summed E-state index contributed by atoms with van der Waals surface area (Å²) in [4.78, 5) is 0. The molecule has 0 saturated carbocycles. The third-order valence-corrected chi connectivity index (χ3v) is 3.25. The number of hydrogen-bond acceptors (Lipinski definition) is 1. The summed E-state index contributed by atoms with van der Waals surface area (Å²) in [6.45, 7) is 0.204. The molecule has 2 aromatic rings. The number of hydrogen-bond donors (Lipinski definition) is 0. The van der Waals surface area contributed by atoms with Crippen molar-refractivity contribution in [1.29, 1.82) is 0 Å². The minimum absolute atomic E-state index is 0.204. The first-order valence-electron chi connectivity index (χ1n) is 6.40. The molecule has 0 amide bonds. The lowest BCUT2D eigenvalue weighted by Gasteiger charge is -2.08. The number of ether oxygens (including phenoxy) is 1. The second-order valence-electron chi connectivity index (χ2n) is 4.29. The van der Waals surface area contributed by atoms with Crippen LogP contribution in [0.15, 0.2) is 42.5 Å². The van der Waals surface area contributed by atoms with Crippen LogP contribution in [0.1, 0.15) is 17.5 Å². The molecule has 0 aromatic heterocycles. The Kier molecular flexibility index (Phi) is 5.92. The van der Waals surface area contributed by atoms with E-state index in [-0.39, 0.29) is 12.4 Å². The van der Waals surface area contributed by atoms with Crippen LogP contribution in [0, 0.1) is 17.7 Å². The van der Waals surface area contributed by atoms with Gasteiger partial charge in [-0.05, 0) is 36.4 Å². The van der Waals surface area contributed by atoms with Crippen LogP contribution in [-0.4, -0.2) is 5.88 Å². The molecule has 0 N–H and O–H groups in total. The van der Waals surface area contributed by atoms with E-state index in [1.54, 1.807) is 0 Å². The van der Waals surface area contributed by atoms with Crippen LogP contribution in [0.25, 0.3) is 0 Å². The molecule has 0 atom stereocenters. The van der Waals surface area contributed by atoms with E-state index in [4.69, 9.17) is 27.9 Å². The quantitative estimate of drug-likeness (QED) is 0.566. The Morgan fingerprint density at radius 1 is 1.14 bits per heavy atom.